The summed E-state index contributed by atoms with van der Waals surface area (Å²) in [5, 5.41) is 8.86. The molecule has 8 heteroatoms. The van der Waals surface area contributed by atoms with Crippen molar-refractivity contribution in [1.29, 1.82) is 0 Å². The molecule has 8 nitrogen and oxygen atoms in total. The molecule has 0 saturated carbocycles. The monoisotopic (exact) mass is 430 g/mol. The molecule has 0 N–H and O–H groups in total. The molecule has 32 heavy (non-hydrogen) atoms. The van der Waals surface area contributed by atoms with E-state index >= 15 is 0 Å². The molecule has 0 aromatic carbocycles. The van der Waals surface area contributed by atoms with E-state index < -0.39 is 5.92 Å². The maximum atomic E-state index is 13.0. The highest BCUT2D eigenvalue weighted by molar-refractivity contribution is 5.78. The van der Waals surface area contributed by atoms with Crippen LogP contribution in [-0.4, -0.2) is 42.1 Å². The first-order valence-corrected chi connectivity index (χ1v) is 10.8. The van der Waals surface area contributed by atoms with Gasteiger partial charge in [0.1, 0.15) is 5.92 Å². The fourth-order valence-electron chi connectivity index (χ4n) is 3.67. The summed E-state index contributed by atoms with van der Waals surface area (Å²) in [6, 6.07) is 7.63. The van der Waals surface area contributed by atoms with E-state index in [2.05, 4.69) is 34.0 Å². The summed E-state index contributed by atoms with van der Waals surface area (Å²) in [7, 11) is 0. The van der Waals surface area contributed by atoms with Crippen LogP contribution >= 0.6 is 0 Å². The summed E-state index contributed by atoms with van der Waals surface area (Å²) in [6.07, 6.45) is 9.99. The van der Waals surface area contributed by atoms with Crippen LogP contribution in [0, 0.1) is 5.92 Å². The summed E-state index contributed by atoms with van der Waals surface area (Å²) >= 11 is 0. The Kier molecular flexibility index (Phi) is 6.49. The molecule has 0 saturated heterocycles. The minimum Gasteiger partial charge on any atom is -0.465 e. The van der Waals surface area contributed by atoms with Crippen molar-refractivity contribution in [2.45, 2.75) is 39.5 Å². The molecule has 0 amide bonds. The molecule has 0 fully saturated rings. The second kappa shape index (κ2) is 9.64. The minimum atomic E-state index is -0.620. The maximum Gasteiger partial charge on any atom is 0.317 e. The van der Waals surface area contributed by atoms with Gasteiger partial charge in [0.05, 0.1) is 18.0 Å². The summed E-state index contributed by atoms with van der Waals surface area (Å²) < 4.78 is 7.27. The van der Waals surface area contributed by atoms with Crippen LogP contribution in [0.25, 0.3) is 16.9 Å². The van der Waals surface area contributed by atoms with Crippen LogP contribution in [0.2, 0.25) is 0 Å². The van der Waals surface area contributed by atoms with Crippen molar-refractivity contribution in [2.75, 3.05) is 6.61 Å². The van der Waals surface area contributed by atoms with Gasteiger partial charge in [-0.05, 0) is 49.4 Å². The van der Waals surface area contributed by atoms with Gasteiger partial charge in [0.25, 0.3) is 0 Å². The number of rotatable bonds is 8. The number of carbonyl (C=O) groups excluding carboxylic acids is 1. The highest BCUT2D eigenvalue weighted by atomic mass is 16.5. The lowest BCUT2D eigenvalue weighted by Gasteiger charge is -2.15. The van der Waals surface area contributed by atoms with Gasteiger partial charge in [0.2, 0.25) is 0 Å². The minimum absolute atomic E-state index is 0.292. The molecule has 4 rings (SSSR count). The molecule has 0 aliphatic carbocycles. The zero-order chi connectivity index (χ0) is 22.5. The third-order valence-electron chi connectivity index (χ3n) is 5.09. The van der Waals surface area contributed by atoms with Crippen LogP contribution in [0.1, 0.15) is 43.8 Å². The molecule has 0 aliphatic rings. The number of ether oxygens (including phenoxy) is 1. The second-order valence-electron chi connectivity index (χ2n) is 8.03. The molecular weight excluding hydrogens is 404 g/mol. The van der Waals surface area contributed by atoms with Crippen LogP contribution < -0.4 is 0 Å². The van der Waals surface area contributed by atoms with Crippen molar-refractivity contribution in [3.63, 3.8) is 0 Å². The number of hydrogen-bond acceptors (Lipinski definition) is 7. The number of esters is 1. The zero-order valence-corrected chi connectivity index (χ0v) is 18.5. The average Bonchev–Trinajstić information content (AvgIpc) is 3.22. The lowest BCUT2D eigenvalue weighted by atomic mass is 9.99. The van der Waals surface area contributed by atoms with E-state index in [1.807, 2.05) is 34.9 Å². The van der Waals surface area contributed by atoms with Crippen LogP contribution in [0.3, 0.4) is 0 Å². The highest BCUT2D eigenvalue weighted by Gasteiger charge is 2.29. The SMILES string of the molecule is CCOC(=O)C(Cc1cccnc1)c1nnc2c(CC(C)C)nc(-c3cccnc3)cn12. The van der Waals surface area contributed by atoms with E-state index in [0.717, 1.165) is 28.9 Å². The smallest absolute Gasteiger partial charge is 0.317 e. The van der Waals surface area contributed by atoms with Gasteiger partial charge in [0.15, 0.2) is 11.5 Å². The van der Waals surface area contributed by atoms with E-state index in [9.17, 15) is 4.79 Å². The number of pyridine rings is 2. The van der Waals surface area contributed by atoms with Crippen molar-refractivity contribution < 1.29 is 9.53 Å². The van der Waals surface area contributed by atoms with Gasteiger partial charge in [0, 0.05) is 36.5 Å². The van der Waals surface area contributed by atoms with Gasteiger partial charge in [-0.25, -0.2) is 4.98 Å². The summed E-state index contributed by atoms with van der Waals surface area (Å²) in [4.78, 5) is 26.2. The van der Waals surface area contributed by atoms with Gasteiger partial charge in [-0.3, -0.25) is 19.2 Å². The third kappa shape index (κ3) is 4.64. The van der Waals surface area contributed by atoms with Crippen molar-refractivity contribution in [1.82, 2.24) is 29.5 Å². The van der Waals surface area contributed by atoms with Crippen LogP contribution in [0.15, 0.2) is 55.2 Å². The number of carbonyl (C=O) groups is 1. The van der Waals surface area contributed by atoms with Gasteiger partial charge < -0.3 is 4.74 Å². The number of nitrogens with zero attached hydrogens (tertiary/aromatic N) is 6. The molecule has 0 aliphatic heterocycles. The number of aromatic nitrogens is 6. The highest BCUT2D eigenvalue weighted by Crippen LogP contribution is 2.26. The van der Waals surface area contributed by atoms with Crippen molar-refractivity contribution >= 4 is 11.6 Å². The Balaban J connectivity index is 1.86. The lowest BCUT2D eigenvalue weighted by Crippen LogP contribution is -2.21. The quantitative estimate of drug-likeness (QED) is 0.394. The number of fused-ring (bicyclic) bond motifs is 1. The van der Waals surface area contributed by atoms with Gasteiger partial charge in [-0.15, -0.1) is 10.2 Å². The molecular formula is C24H26N6O2. The number of hydrogen-bond donors (Lipinski definition) is 0. The average molecular weight is 431 g/mol. The summed E-state index contributed by atoms with van der Waals surface area (Å²) in [5.74, 6) is -0.0484. The van der Waals surface area contributed by atoms with Crippen LogP contribution in [0.5, 0.6) is 0 Å². The van der Waals surface area contributed by atoms with E-state index in [0.29, 0.717) is 30.4 Å². The van der Waals surface area contributed by atoms with E-state index in [1.165, 1.54) is 0 Å². The molecule has 0 radical (unpaired) electrons. The lowest BCUT2D eigenvalue weighted by molar-refractivity contribution is -0.145. The van der Waals surface area contributed by atoms with E-state index in [4.69, 9.17) is 9.72 Å². The van der Waals surface area contributed by atoms with Gasteiger partial charge in [-0.2, -0.15) is 0 Å². The standard InChI is InChI=1S/C24H26N6O2/c1-4-32-24(31)19(12-17-7-5-9-25-13-17)22-28-29-23-20(11-16(2)3)27-21(15-30(22)23)18-8-6-10-26-14-18/h5-10,13-16,19H,4,11-12H2,1-3H3. The second-order valence-corrected chi connectivity index (χ2v) is 8.03. The topological polar surface area (TPSA) is 95.2 Å². The zero-order valence-electron chi connectivity index (χ0n) is 18.5. The molecule has 4 aromatic heterocycles. The van der Waals surface area contributed by atoms with Crippen LogP contribution in [-0.2, 0) is 22.4 Å². The maximum absolute atomic E-state index is 13.0. The van der Waals surface area contributed by atoms with E-state index in [1.54, 1.807) is 31.7 Å². The van der Waals surface area contributed by atoms with Crippen LogP contribution in [0.4, 0.5) is 0 Å². The fourth-order valence-corrected chi connectivity index (χ4v) is 3.67. The fraction of sp³-hybridized carbons (Fsp3) is 0.333. The predicted molar refractivity (Wildman–Crippen MR) is 120 cm³/mol. The first-order chi connectivity index (χ1) is 15.6. The van der Waals surface area contributed by atoms with Crippen molar-refractivity contribution in [3.8, 4) is 11.3 Å². The third-order valence-corrected chi connectivity index (χ3v) is 5.09. The Morgan fingerprint density at radius 3 is 2.50 bits per heavy atom. The Bertz CT molecular complexity index is 1190. The molecule has 1 atom stereocenters. The first-order valence-electron chi connectivity index (χ1n) is 10.8. The summed E-state index contributed by atoms with van der Waals surface area (Å²) in [6.45, 7) is 6.36. The largest absolute Gasteiger partial charge is 0.465 e. The Hall–Kier alpha value is -3.68. The normalized spacial score (nSPS) is 12.2. The Morgan fingerprint density at radius 1 is 1.06 bits per heavy atom. The van der Waals surface area contributed by atoms with Crippen molar-refractivity contribution in [2.24, 2.45) is 5.92 Å². The molecule has 0 spiro atoms. The summed E-state index contributed by atoms with van der Waals surface area (Å²) in [5.41, 5.74) is 4.06. The Labute approximate surface area is 186 Å². The molecule has 1 unspecified atom stereocenters. The molecule has 0 bridgehead atoms. The molecule has 4 heterocycles. The van der Waals surface area contributed by atoms with Crippen molar-refractivity contribution in [3.05, 3.63) is 72.3 Å². The van der Waals surface area contributed by atoms with Gasteiger partial charge in [-0.1, -0.05) is 19.9 Å². The molecule has 4 aromatic rings. The van der Waals surface area contributed by atoms with Gasteiger partial charge >= 0.3 is 5.97 Å². The molecule has 164 valence electrons. The van der Waals surface area contributed by atoms with E-state index in [-0.39, 0.29) is 5.97 Å². The predicted octanol–water partition coefficient (Wildman–Crippen LogP) is 3.67. The first kappa shape index (κ1) is 21.5. The Morgan fingerprint density at radius 2 is 1.84 bits per heavy atom.